The largest absolute Gasteiger partial charge is 0.459 e. The third-order valence-corrected chi connectivity index (χ3v) is 5.23. The average molecular weight is 466 g/mol. The molecule has 2 heterocycles. The predicted molar refractivity (Wildman–Crippen MR) is 113 cm³/mol. The molecule has 0 atom stereocenters. The Hall–Kier alpha value is -3.21. The molecule has 0 aliphatic rings. The van der Waals surface area contributed by atoms with Crippen molar-refractivity contribution in [1.82, 2.24) is 15.1 Å². The van der Waals surface area contributed by atoms with E-state index in [1.54, 1.807) is 17.0 Å². The standard InChI is InChI=1S/C21H21F3N4O3S/c1-13(2)12-28(19(30)16-4-3-11-31-16)10-9-17(29)25-20-27-26-18(32-20)14-5-7-15(8-6-14)21(22,23)24/h3-8,11,13H,9-10,12H2,1-2H3,(H,25,27,29). The van der Waals surface area contributed by atoms with Gasteiger partial charge in [-0.25, -0.2) is 0 Å². The van der Waals surface area contributed by atoms with Gasteiger partial charge < -0.3 is 14.6 Å². The van der Waals surface area contributed by atoms with Gasteiger partial charge in [-0.3, -0.25) is 9.59 Å². The van der Waals surface area contributed by atoms with Gasteiger partial charge in [-0.2, -0.15) is 13.2 Å². The number of carbonyl (C=O) groups excluding carboxylic acids is 2. The fraction of sp³-hybridized carbons (Fsp3) is 0.333. The van der Waals surface area contributed by atoms with Crippen molar-refractivity contribution in [3.05, 3.63) is 54.0 Å². The zero-order valence-electron chi connectivity index (χ0n) is 17.3. The minimum atomic E-state index is -4.42. The highest BCUT2D eigenvalue weighted by Gasteiger charge is 2.30. The Morgan fingerprint density at radius 1 is 1.16 bits per heavy atom. The molecular formula is C21H21F3N4O3S. The number of amides is 2. The first kappa shape index (κ1) is 23.5. The molecule has 170 valence electrons. The zero-order chi connectivity index (χ0) is 23.3. The molecule has 0 saturated heterocycles. The van der Waals surface area contributed by atoms with Crippen LogP contribution in [0.1, 0.15) is 36.4 Å². The third kappa shape index (κ3) is 6.16. The Balaban J connectivity index is 1.59. The first-order valence-corrected chi connectivity index (χ1v) is 10.6. The molecule has 3 aromatic rings. The van der Waals surface area contributed by atoms with Gasteiger partial charge in [0.25, 0.3) is 5.91 Å². The van der Waals surface area contributed by atoms with E-state index in [-0.39, 0.29) is 41.6 Å². The van der Waals surface area contributed by atoms with Gasteiger partial charge in [0, 0.05) is 25.1 Å². The molecule has 0 spiro atoms. The number of nitrogens with zero attached hydrogens (tertiary/aromatic N) is 3. The molecule has 11 heteroatoms. The lowest BCUT2D eigenvalue weighted by molar-refractivity contribution is -0.137. The van der Waals surface area contributed by atoms with Crippen LogP contribution in [0.15, 0.2) is 47.1 Å². The molecule has 0 aliphatic heterocycles. The molecule has 32 heavy (non-hydrogen) atoms. The molecule has 0 bridgehead atoms. The van der Waals surface area contributed by atoms with E-state index >= 15 is 0 Å². The van der Waals surface area contributed by atoms with Crippen LogP contribution in [0.2, 0.25) is 0 Å². The topological polar surface area (TPSA) is 88.3 Å². The summed E-state index contributed by atoms with van der Waals surface area (Å²) in [7, 11) is 0. The van der Waals surface area contributed by atoms with Crippen LogP contribution in [-0.2, 0) is 11.0 Å². The summed E-state index contributed by atoms with van der Waals surface area (Å²) in [5.74, 6) is -0.249. The molecule has 0 fully saturated rings. The van der Waals surface area contributed by atoms with E-state index in [1.807, 2.05) is 13.8 Å². The molecule has 3 rings (SSSR count). The van der Waals surface area contributed by atoms with Gasteiger partial charge in [0.1, 0.15) is 5.01 Å². The molecule has 2 aromatic heterocycles. The van der Waals surface area contributed by atoms with Gasteiger partial charge in [-0.05, 0) is 30.2 Å². The molecule has 1 aromatic carbocycles. The fourth-order valence-electron chi connectivity index (χ4n) is 2.88. The molecule has 0 aliphatic carbocycles. The van der Waals surface area contributed by atoms with Crippen LogP contribution in [0.3, 0.4) is 0 Å². The summed E-state index contributed by atoms with van der Waals surface area (Å²) in [6.07, 6.45) is -2.97. The minimum Gasteiger partial charge on any atom is -0.459 e. The monoisotopic (exact) mass is 466 g/mol. The Morgan fingerprint density at radius 2 is 1.88 bits per heavy atom. The van der Waals surface area contributed by atoms with Gasteiger partial charge >= 0.3 is 6.18 Å². The first-order valence-electron chi connectivity index (χ1n) is 9.77. The number of halogens is 3. The summed E-state index contributed by atoms with van der Waals surface area (Å²) in [6.45, 7) is 4.58. The highest BCUT2D eigenvalue weighted by Crippen LogP contribution is 2.32. The second kappa shape index (κ2) is 9.94. The maximum absolute atomic E-state index is 12.7. The summed E-state index contributed by atoms with van der Waals surface area (Å²) in [5.41, 5.74) is -0.294. The van der Waals surface area contributed by atoms with Crippen molar-refractivity contribution >= 4 is 28.3 Å². The van der Waals surface area contributed by atoms with Crippen molar-refractivity contribution in [1.29, 1.82) is 0 Å². The molecule has 1 N–H and O–H groups in total. The van der Waals surface area contributed by atoms with E-state index in [0.29, 0.717) is 17.1 Å². The zero-order valence-corrected chi connectivity index (χ0v) is 18.2. The number of nitrogens with one attached hydrogen (secondary N) is 1. The van der Waals surface area contributed by atoms with Gasteiger partial charge in [-0.15, -0.1) is 10.2 Å². The number of benzene rings is 1. The highest BCUT2D eigenvalue weighted by atomic mass is 32.1. The number of carbonyl (C=O) groups is 2. The molecular weight excluding hydrogens is 445 g/mol. The average Bonchev–Trinajstić information content (AvgIpc) is 3.42. The van der Waals surface area contributed by atoms with Gasteiger partial charge in [0.05, 0.1) is 11.8 Å². The maximum atomic E-state index is 12.7. The van der Waals surface area contributed by atoms with Crippen molar-refractivity contribution in [3.63, 3.8) is 0 Å². The van der Waals surface area contributed by atoms with Crippen LogP contribution < -0.4 is 5.32 Å². The minimum absolute atomic E-state index is 0.0361. The van der Waals surface area contributed by atoms with Gasteiger partial charge in [0.15, 0.2) is 5.76 Å². The number of rotatable bonds is 8. The second-order valence-electron chi connectivity index (χ2n) is 7.41. The van der Waals surface area contributed by atoms with Crippen molar-refractivity contribution in [2.45, 2.75) is 26.4 Å². The molecule has 2 amide bonds. The normalized spacial score (nSPS) is 11.6. The third-order valence-electron chi connectivity index (χ3n) is 4.34. The van der Waals surface area contributed by atoms with E-state index < -0.39 is 11.7 Å². The van der Waals surface area contributed by atoms with Crippen molar-refractivity contribution in [2.24, 2.45) is 5.92 Å². The number of hydrogen-bond acceptors (Lipinski definition) is 6. The first-order chi connectivity index (χ1) is 15.1. The quantitative estimate of drug-likeness (QED) is 0.508. The van der Waals surface area contributed by atoms with Crippen LogP contribution in [0.25, 0.3) is 10.6 Å². The van der Waals surface area contributed by atoms with Crippen LogP contribution >= 0.6 is 11.3 Å². The SMILES string of the molecule is CC(C)CN(CCC(=O)Nc1nnc(-c2ccc(C(F)(F)F)cc2)s1)C(=O)c1ccco1. The molecule has 0 unspecified atom stereocenters. The van der Waals surface area contributed by atoms with Crippen molar-refractivity contribution in [2.75, 3.05) is 18.4 Å². The maximum Gasteiger partial charge on any atom is 0.416 e. The highest BCUT2D eigenvalue weighted by molar-refractivity contribution is 7.18. The lowest BCUT2D eigenvalue weighted by Gasteiger charge is -2.23. The summed E-state index contributed by atoms with van der Waals surface area (Å²) in [5, 5.41) is 11.0. The van der Waals surface area contributed by atoms with Crippen LogP contribution in [0, 0.1) is 5.92 Å². The predicted octanol–water partition coefficient (Wildman–Crippen LogP) is 4.94. The van der Waals surface area contributed by atoms with Crippen molar-refractivity contribution < 1.29 is 27.2 Å². The van der Waals surface area contributed by atoms with Gasteiger partial charge in [0.2, 0.25) is 11.0 Å². The van der Waals surface area contributed by atoms with E-state index in [4.69, 9.17) is 4.42 Å². The summed E-state index contributed by atoms with van der Waals surface area (Å²) in [4.78, 5) is 26.5. The lowest BCUT2D eigenvalue weighted by atomic mass is 10.1. The number of hydrogen-bond donors (Lipinski definition) is 1. The van der Waals surface area contributed by atoms with Gasteiger partial charge in [-0.1, -0.05) is 37.3 Å². The Bertz CT molecular complexity index is 1050. The Morgan fingerprint density at radius 3 is 2.47 bits per heavy atom. The summed E-state index contributed by atoms with van der Waals surface area (Å²) < 4.78 is 43.2. The van der Waals surface area contributed by atoms with E-state index in [1.165, 1.54) is 18.4 Å². The summed E-state index contributed by atoms with van der Waals surface area (Å²) >= 11 is 1.05. The molecule has 0 saturated carbocycles. The number of anilines is 1. The van der Waals surface area contributed by atoms with Crippen molar-refractivity contribution in [3.8, 4) is 10.6 Å². The van der Waals surface area contributed by atoms with Crippen LogP contribution in [0.4, 0.5) is 18.3 Å². The summed E-state index contributed by atoms with van der Waals surface area (Å²) in [6, 6.07) is 7.73. The smallest absolute Gasteiger partial charge is 0.416 e. The number of alkyl halides is 3. The molecule has 0 radical (unpaired) electrons. The number of aromatic nitrogens is 2. The Kier molecular flexibility index (Phi) is 7.29. The van der Waals surface area contributed by atoms with E-state index in [9.17, 15) is 22.8 Å². The van der Waals surface area contributed by atoms with Crippen LogP contribution in [-0.4, -0.2) is 40.0 Å². The molecule has 7 nitrogen and oxygen atoms in total. The Labute approximate surface area is 186 Å². The fourth-order valence-corrected chi connectivity index (χ4v) is 3.65. The van der Waals surface area contributed by atoms with Crippen LogP contribution in [0.5, 0.6) is 0 Å². The van der Waals surface area contributed by atoms with E-state index in [0.717, 1.165) is 23.5 Å². The lowest BCUT2D eigenvalue weighted by Crippen LogP contribution is -2.36. The van der Waals surface area contributed by atoms with E-state index in [2.05, 4.69) is 15.5 Å². The second-order valence-corrected chi connectivity index (χ2v) is 8.39. The number of furan rings is 1.